The molecule has 3 nitrogen and oxygen atoms in total. The summed E-state index contributed by atoms with van der Waals surface area (Å²) in [5.41, 5.74) is 20.3. The highest BCUT2D eigenvalue weighted by Gasteiger charge is 2.45. The van der Waals surface area contributed by atoms with E-state index in [9.17, 15) is 0 Å². The number of hydrogen-bond acceptors (Lipinski definition) is 3. The molecule has 0 unspecified atom stereocenters. The van der Waals surface area contributed by atoms with Gasteiger partial charge >= 0.3 is 0 Å². The van der Waals surface area contributed by atoms with Crippen molar-refractivity contribution < 1.29 is 4.42 Å². The molecule has 3 heterocycles. The molecule has 10 aromatic rings. The van der Waals surface area contributed by atoms with Crippen LogP contribution in [-0.4, -0.2) is 6.71 Å². The zero-order valence-electron chi connectivity index (χ0n) is 43.0. The Morgan fingerprint density at radius 3 is 1.19 bits per heavy atom. The Hall–Kier alpha value is -7.04. The van der Waals surface area contributed by atoms with E-state index in [0.29, 0.717) is 0 Å². The van der Waals surface area contributed by atoms with E-state index in [0.717, 1.165) is 33.1 Å². The van der Waals surface area contributed by atoms with Gasteiger partial charge in [-0.3, -0.25) is 0 Å². The number of hydrogen-bond donors (Lipinski definition) is 0. The Kier molecular flexibility index (Phi) is 9.62. The normalized spacial score (nSPS) is 13.9. The molecule has 9 aromatic carbocycles. The topological polar surface area (TPSA) is 19.6 Å². The van der Waals surface area contributed by atoms with Gasteiger partial charge in [-0.1, -0.05) is 180 Å². The molecule has 70 heavy (non-hydrogen) atoms. The van der Waals surface area contributed by atoms with Crippen molar-refractivity contribution in [3.63, 3.8) is 0 Å². The van der Waals surface area contributed by atoms with Crippen LogP contribution in [0.1, 0.15) is 105 Å². The lowest BCUT2D eigenvalue weighted by Crippen LogP contribution is -2.61. The largest absolute Gasteiger partial charge is 0.456 e. The minimum Gasteiger partial charge on any atom is -0.456 e. The van der Waals surface area contributed by atoms with Gasteiger partial charge in [-0.25, -0.2) is 0 Å². The molecule has 0 spiro atoms. The SMILES string of the molecule is CC(C)(C)c1cc(N2c3cc4ccccc4cc3B3c4cc5ccccc5cc4N(c4cc(C(C)(C)C)cc(C(C)(C)C)c4)c4cc(-c5ccc6oc7ccccc7c6c5)cc2c43)cc(C(C)(C)C)c1. The number of para-hydroxylation sites is 1. The lowest BCUT2D eigenvalue weighted by Gasteiger charge is -2.45. The van der Waals surface area contributed by atoms with Crippen molar-refractivity contribution in [2.45, 2.75) is 105 Å². The van der Waals surface area contributed by atoms with Crippen molar-refractivity contribution in [3.05, 3.63) is 186 Å². The Morgan fingerprint density at radius 2 is 0.743 bits per heavy atom. The third-order valence-electron chi connectivity index (χ3n) is 15.3. The van der Waals surface area contributed by atoms with Crippen molar-refractivity contribution in [2.75, 3.05) is 9.80 Å². The van der Waals surface area contributed by atoms with Gasteiger partial charge in [-0.2, -0.15) is 0 Å². The fraction of sp³-hybridized carbons (Fsp3) is 0.242. The van der Waals surface area contributed by atoms with Crippen LogP contribution in [0.2, 0.25) is 0 Å². The third-order valence-corrected chi connectivity index (χ3v) is 15.3. The first kappa shape index (κ1) is 44.2. The van der Waals surface area contributed by atoms with E-state index in [4.69, 9.17) is 4.42 Å². The summed E-state index contributed by atoms with van der Waals surface area (Å²) in [6, 6.07) is 62.8. The predicted molar refractivity (Wildman–Crippen MR) is 303 cm³/mol. The van der Waals surface area contributed by atoms with E-state index in [-0.39, 0.29) is 28.4 Å². The molecule has 0 N–H and O–H groups in total. The first-order chi connectivity index (χ1) is 33.2. The van der Waals surface area contributed by atoms with Crippen LogP contribution in [0.4, 0.5) is 34.1 Å². The summed E-state index contributed by atoms with van der Waals surface area (Å²) < 4.78 is 6.44. The van der Waals surface area contributed by atoms with Crippen molar-refractivity contribution in [3.8, 4) is 11.1 Å². The van der Waals surface area contributed by atoms with Crippen molar-refractivity contribution in [2.24, 2.45) is 0 Å². The first-order valence-corrected chi connectivity index (χ1v) is 25.3. The Bertz CT molecular complexity index is 3540. The summed E-state index contributed by atoms with van der Waals surface area (Å²) >= 11 is 0. The van der Waals surface area contributed by atoms with Gasteiger partial charge in [0.2, 0.25) is 0 Å². The molecule has 2 aliphatic heterocycles. The summed E-state index contributed by atoms with van der Waals surface area (Å²) in [5.74, 6) is 0. The van der Waals surface area contributed by atoms with Crippen molar-refractivity contribution in [1.29, 1.82) is 0 Å². The molecule has 0 amide bonds. The number of rotatable bonds is 3. The Labute approximate surface area is 414 Å². The molecular formula is C66H63BN2O. The lowest BCUT2D eigenvalue weighted by molar-refractivity contribution is 0.568. The standard InChI is InChI=1S/C66H63BN2O/c1-63(2,3)46-34-47(64(4,5)6)37-50(36-46)68-56-30-42-21-15-13-19-40(42)28-54(56)67-55-29-41-20-14-16-22-43(41)31-57(55)69(51-38-48(65(7,8)9)35-49(39-51)66(10,11)12)59-33-45(32-58(68)62(59)67)44-25-26-61-53(27-44)52-23-17-18-24-60(52)70-61/h13-39H,1-12H3. The maximum atomic E-state index is 6.44. The highest BCUT2D eigenvalue weighted by molar-refractivity contribution is 7.00. The molecule has 0 fully saturated rings. The molecule has 0 saturated heterocycles. The van der Waals surface area contributed by atoms with Crippen LogP contribution >= 0.6 is 0 Å². The van der Waals surface area contributed by atoms with Gasteiger partial charge in [0, 0.05) is 44.9 Å². The summed E-state index contributed by atoms with van der Waals surface area (Å²) in [5, 5.41) is 7.22. The van der Waals surface area contributed by atoms with E-state index in [1.807, 2.05) is 0 Å². The van der Waals surface area contributed by atoms with Gasteiger partial charge in [0.1, 0.15) is 11.2 Å². The van der Waals surface area contributed by atoms with Gasteiger partial charge in [-0.15, -0.1) is 0 Å². The highest BCUT2D eigenvalue weighted by atomic mass is 16.3. The van der Waals surface area contributed by atoms with E-state index >= 15 is 0 Å². The second kappa shape index (κ2) is 15.2. The van der Waals surface area contributed by atoms with Crippen molar-refractivity contribution in [1.82, 2.24) is 0 Å². The molecule has 346 valence electrons. The summed E-state index contributed by atoms with van der Waals surface area (Å²) in [7, 11) is 0. The van der Waals surface area contributed by atoms with Crippen LogP contribution in [0.3, 0.4) is 0 Å². The average Bonchev–Trinajstić information content (AvgIpc) is 3.69. The molecule has 1 aromatic heterocycles. The fourth-order valence-corrected chi connectivity index (χ4v) is 11.2. The second-order valence-corrected chi connectivity index (χ2v) is 24.4. The number of fused-ring (bicyclic) bond motifs is 9. The Morgan fingerprint density at radius 1 is 0.343 bits per heavy atom. The smallest absolute Gasteiger partial charge is 0.252 e. The van der Waals surface area contributed by atoms with Gasteiger partial charge in [0.15, 0.2) is 0 Å². The molecule has 0 atom stereocenters. The lowest BCUT2D eigenvalue weighted by atomic mass is 9.33. The van der Waals surface area contributed by atoms with Crippen LogP contribution in [0.5, 0.6) is 0 Å². The zero-order valence-corrected chi connectivity index (χ0v) is 43.0. The zero-order chi connectivity index (χ0) is 48.8. The van der Waals surface area contributed by atoms with Gasteiger partial charge in [0.25, 0.3) is 6.71 Å². The van der Waals surface area contributed by atoms with Crippen LogP contribution in [0.15, 0.2) is 168 Å². The number of anilines is 6. The summed E-state index contributed by atoms with van der Waals surface area (Å²) in [6.07, 6.45) is 0. The maximum absolute atomic E-state index is 6.44. The van der Waals surface area contributed by atoms with E-state index in [1.54, 1.807) is 0 Å². The quantitative estimate of drug-likeness (QED) is 0.165. The van der Waals surface area contributed by atoms with Gasteiger partial charge in [-0.05, 0) is 160 Å². The second-order valence-electron chi connectivity index (χ2n) is 24.4. The molecule has 2 aliphatic rings. The average molecular weight is 911 g/mol. The molecule has 0 bridgehead atoms. The molecule has 0 radical (unpaired) electrons. The maximum Gasteiger partial charge on any atom is 0.252 e. The van der Waals surface area contributed by atoms with Crippen LogP contribution in [-0.2, 0) is 21.7 Å². The number of furan rings is 1. The van der Waals surface area contributed by atoms with Crippen LogP contribution < -0.4 is 26.2 Å². The first-order valence-electron chi connectivity index (χ1n) is 25.3. The van der Waals surface area contributed by atoms with Gasteiger partial charge < -0.3 is 14.2 Å². The van der Waals surface area contributed by atoms with Gasteiger partial charge in [0.05, 0.1) is 0 Å². The predicted octanol–water partition coefficient (Wildman–Crippen LogP) is 16.8. The summed E-state index contributed by atoms with van der Waals surface area (Å²) in [6.45, 7) is 28.1. The third kappa shape index (κ3) is 7.16. The molecule has 4 heteroatoms. The Balaban J connectivity index is 1.26. The molecular weight excluding hydrogens is 848 g/mol. The number of benzene rings is 9. The molecule has 0 saturated carbocycles. The minimum atomic E-state index is -0.0791. The fourth-order valence-electron chi connectivity index (χ4n) is 11.2. The summed E-state index contributed by atoms with van der Waals surface area (Å²) in [4.78, 5) is 5.26. The van der Waals surface area contributed by atoms with E-state index < -0.39 is 0 Å². The molecule has 12 rings (SSSR count). The van der Waals surface area contributed by atoms with Crippen molar-refractivity contribution >= 4 is 101 Å². The monoisotopic (exact) mass is 911 g/mol. The van der Waals surface area contributed by atoms with Crippen LogP contribution in [0.25, 0.3) is 54.6 Å². The minimum absolute atomic E-state index is 0.0492. The van der Waals surface area contributed by atoms with Crippen LogP contribution in [0, 0.1) is 0 Å². The van der Waals surface area contributed by atoms with E-state index in [2.05, 4.69) is 257 Å². The van der Waals surface area contributed by atoms with E-state index in [1.165, 1.54) is 94.3 Å². The number of nitrogens with zero attached hydrogens (tertiary/aromatic N) is 2. The highest BCUT2D eigenvalue weighted by Crippen LogP contribution is 2.50. The molecule has 0 aliphatic carbocycles.